The molecule has 0 aromatic heterocycles. The van der Waals surface area contributed by atoms with Crippen molar-refractivity contribution in [2.75, 3.05) is 6.54 Å². The maximum Gasteiger partial charge on any atom is 0.332 e. The number of hydrazone groups is 1. The van der Waals surface area contributed by atoms with Crippen molar-refractivity contribution < 1.29 is 24.3 Å². The van der Waals surface area contributed by atoms with Gasteiger partial charge in [-0.2, -0.15) is 5.10 Å². The highest BCUT2D eigenvalue weighted by molar-refractivity contribution is 5.93. The molecule has 11 N–H and O–H groups in total. The molecule has 5 amide bonds. The Morgan fingerprint density at radius 2 is 1.61 bits per heavy atom. The Kier molecular flexibility index (Phi) is 13.7. The van der Waals surface area contributed by atoms with Gasteiger partial charge in [0, 0.05) is 26.1 Å². The number of phenols is 1. The van der Waals surface area contributed by atoms with E-state index in [-0.39, 0.29) is 24.0 Å². The minimum Gasteiger partial charge on any atom is -0.508 e. The highest BCUT2D eigenvalue weighted by atomic mass is 16.3. The Morgan fingerprint density at radius 1 is 0.974 bits per heavy atom. The topological polar surface area (TPSA) is 239 Å². The van der Waals surface area contributed by atoms with Gasteiger partial charge in [0.25, 0.3) is 0 Å². The van der Waals surface area contributed by atoms with Crippen LogP contribution in [-0.4, -0.2) is 65.7 Å². The lowest BCUT2D eigenvalue weighted by Crippen LogP contribution is -2.55. The van der Waals surface area contributed by atoms with Gasteiger partial charge in [-0.25, -0.2) is 10.2 Å². The summed E-state index contributed by atoms with van der Waals surface area (Å²) in [4.78, 5) is 53.0. The summed E-state index contributed by atoms with van der Waals surface area (Å²) in [6.07, 6.45) is 2.66. The van der Waals surface area contributed by atoms with E-state index in [1.807, 2.05) is 13.8 Å². The molecule has 14 nitrogen and oxygen atoms in total. The summed E-state index contributed by atoms with van der Waals surface area (Å²) >= 11 is 0. The van der Waals surface area contributed by atoms with E-state index >= 15 is 0 Å². The number of hydrogen-bond donors (Lipinski definition) is 8. The zero-order chi connectivity index (χ0) is 28.7. The average molecular weight is 534 g/mol. The van der Waals surface area contributed by atoms with E-state index in [1.165, 1.54) is 25.3 Å². The number of urea groups is 1. The minimum atomic E-state index is -0.948. The largest absolute Gasteiger partial charge is 0.508 e. The average Bonchev–Trinajstić information content (AvgIpc) is 2.81. The standard InChI is InChI=1S/C24H39N9O5/c1-14(2)11-19(21(36)31-17(13-29-33-24(27)38)5-4-10-28-23(25)26)32-22(37)20(30-15(3)34)12-16-6-8-18(35)9-7-16/h6-9,13-14,17,19-20,35H,4-5,10-12H2,1-3H3,(H,30,34)(H,31,36)(H,32,37)(H4,25,26,28)(H3,27,33,38)/b29-13+/t17-,19-,20-/m0/s1. The van der Waals surface area contributed by atoms with Crippen LogP contribution >= 0.6 is 0 Å². The second kappa shape index (κ2) is 16.4. The maximum atomic E-state index is 13.2. The number of primary amides is 1. The molecule has 0 spiro atoms. The second-order valence-electron chi connectivity index (χ2n) is 9.13. The first-order chi connectivity index (χ1) is 17.9. The van der Waals surface area contributed by atoms with Crippen molar-refractivity contribution in [2.24, 2.45) is 33.2 Å². The first-order valence-electron chi connectivity index (χ1n) is 12.2. The van der Waals surface area contributed by atoms with Gasteiger partial charge < -0.3 is 38.3 Å². The van der Waals surface area contributed by atoms with E-state index in [0.717, 1.165) is 0 Å². The molecule has 210 valence electrons. The number of nitrogens with one attached hydrogen (secondary N) is 4. The molecule has 0 bridgehead atoms. The Labute approximate surface area is 221 Å². The summed E-state index contributed by atoms with van der Waals surface area (Å²) in [5.74, 6) is -1.36. The summed E-state index contributed by atoms with van der Waals surface area (Å²) in [6, 6.07) is 2.88. The third kappa shape index (κ3) is 13.7. The molecule has 0 radical (unpaired) electrons. The fraction of sp³-hybridized carbons (Fsp3) is 0.500. The van der Waals surface area contributed by atoms with Crippen LogP contribution in [0.1, 0.15) is 45.6 Å². The SMILES string of the molecule is CC(=O)N[C@@H](Cc1ccc(O)cc1)C(=O)N[C@@H](CC(C)C)C(=O)N[C@H](/C=N/NC(N)=O)CCCN=C(N)N. The number of aliphatic imine (C=N–C) groups is 1. The Morgan fingerprint density at radius 3 is 2.16 bits per heavy atom. The number of carbonyl (C=O) groups excluding carboxylic acids is 4. The van der Waals surface area contributed by atoms with Gasteiger partial charge in [0.05, 0.1) is 6.04 Å². The molecular formula is C24H39N9O5. The van der Waals surface area contributed by atoms with E-state index in [4.69, 9.17) is 17.2 Å². The highest BCUT2D eigenvalue weighted by Gasteiger charge is 2.28. The molecule has 38 heavy (non-hydrogen) atoms. The summed E-state index contributed by atoms with van der Waals surface area (Å²) in [6.45, 7) is 5.41. The number of hydrogen-bond acceptors (Lipinski definition) is 7. The number of nitrogens with zero attached hydrogens (tertiary/aromatic N) is 2. The van der Waals surface area contributed by atoms with E-state index < -0.39 is 41.9 Å². The molecule has 1 rings (SSSR count). The fourth-order valence-corrected chi connectivity index (χ4v) is 3.48. The van der Waals surface area contributed by atoms with Crippen LogP contribution in [0.4, 0.5) is 4.79 Å². The molecule has 0 saturated carbocycles. The lowest BCUT2D eigenvalue weighted by Gasteiger charge is -2.25. The number of amides is 5. The third-order valence-electron chi connectivity index (χ3n) is 5.13. The summed E-state index contributed by atoms with van der Waals surface area (Å²) in [5.41, 5.74) is 18.5. The molecule has 0 saturated heterocycles. The zero-order valence-corrected chi connectivity index (χ0v) is 21.9. The van der Waals surface area contributed by atoms with Crippen LogP contribution in [0.15, 0.2) is 34.4 Å². The number of aromatic hydroxyl groups is 1. The Hall–Kier alpha value is -4.36. The summed E-state index contributed by atoms with van der Waals surface area (Å²) < 4.78 is 0. The minimum absolute atomic E-state index is 0.0490. The van der Waals surface area contributed by atoms with Gasteiger partial charge in [0.1, 0.15) is 17.8 Å². The molecular weight excluding hydrogens is 494 g/mol. The predicted molar refractivity (Wildman–Crippen MR) is 144 cm³/mol. The van der Waals surface area contributed by atoms with Crippen LogP contribution in [0.5, 0.6) is 5.75 Å². The van der Waals surface area contributed by atoms with Gasteiger partial charge in [-0.3, -0.25) is 19.4 Å². The molecule has 14 heteroatoms. The molecule has 1 aromatic rings. The molecule has 0 heterocycles. The van der Waals surface area contributed by atoms with Crippen molar-refractivity contribution in [1.82, 2.24) is 21.4 Å². The lowest BCUT2D eigenvalue weighted by molar-refractivity contribution is -0.132. The van der Waals surface area contributed by atoms with E-state index in [9.17, 15) is 24.3 Å². The monoisotopic (exact) mass is 533 g/mol. The predicted octanol–water partition coefficient (Wildman–Crippen LogP) is -0.837. The Bertz CT molecular complexity index is 992. The van der Waals surface area contributed by atoms with E-state index in [1.54, 1.807) is 12.1 Å². The fourth-order valence-electron chi connectivity index (χ4n) is 3.48. The van der Waals surface area contributed by atoms with Crippen LogP contribution < -0.4 is 38.6 Å². The van der Waals surface area contributed by atoms with E-state index in [2.05, 4.69) is 31.5 Å². The van der Waals surface area contributed by atoms with E-state index in [0.29, 0.717) is 31.4 Å². The number of rotatable bonds is 15. The number of carbonyl (C=O) groups is 4. The van der Waals surface area contributed by atoms with Gasteiger partial charge in [-0.15, -0.1) is 0 Å². The number of nitrogens with two attached hydrogens (primary N) is 3. The van der Waals surface area contributed by atoms with Crippen LogP contribution in [0.2, 0.25) is 0 Å². The summed E-state index contributed by atoms with van der Waals surface area (Å²) in [5, 5.41) is 21.4. The molecule has 0 fully saturated rings. The van der Waals surface area contributed by atoms with Crippen LogP contribution in [0, 0.1) is 5.92 Å². The maximum absolute atomic E-state index is 13.2. The highest BCUT2D eigenvalue weighted by Crippen LogP contribution is 2.12. The van der Waals surface area contributed by atoms with Crippen molar-refractivity contribution in [3.63, 3.8) is 0 Å². The Balaban J connectivity index is 3.02. The van der Waals surface area contributed by atoms with Gasteiger partial charge in [-0.1, -0.05) is 26.0 Å². The van der Waals surface area contributed by atoms with Gasteiger partial charge >= 0.3 is 6.03 Å². The first-order valence-corrected chi connectivity index (χ1v) is 12.2. The van der Waals surface area contributed by atoms with Gasteiger partial charge in [0.2, 0.25) is 17.7 Å². The van der Waals surface area contributed by atoms with Crippen LogP contribution in [-0.2, 0) is 20.8 Å². The zero-order valence-electron chi connectivity index (χ0n) is 21.9. The van der Waals surface area contributed by atoms with Crippen LogP contribution in [0.3, 0.4) is 0 Å². The molecule has 3 atom stereocenters. The van der Waals surface area contributed by atoms with Crippen molar-refractivity contribution >= 4 is 35.9 Å². The van der Waals surface area contributed by atoms with Gasteiger partial charge in [0.15, 0.2) is 5.96 Å². The van der Waals surface area contributed by atoms with Crippen molar-refractivity contribution in [1.29, 1.82) is 0 Å². The quantitative estimate of drug-likeness (QED) is 0.0614. The third-order valence-corrected chi connectivity index (χ3v) is 5.13. The van der Waals surface area contributed by atoms with Crippen molar-refractivity contribution in [2.45, 2.75) is 64.6 Å². The van der Waals surface area contributed by atoms with Crippen molar-refractivity contribution in [3.8, 4) is 5.75 Å². The molecule has 1 aromatic carbocycles. The molecule has 0 aliphatic rings. The second-order valence-corrected chi connectivity index (χ2v) is 9.13. The number of guanidine groups is 1. The number of phenolic OH excluding ortho intramolecular Hbond substituents is 1. The molecule has 0 unspecified atom stereocenters. The molecule has 0 aliphatic heterocycles. The number of benzene rings is 1. The van der Waals surface area contributed by atoms with Crippen LogP contribution in [0.25, 0.3) is 0 Å². The summed E-state index contributed by atoms with van der Waals surface area (Å²) in [7, 11) is 0. The normalized spacial score (nSPS) is 13.3. The van der Waals surface area contributed by atoms with Crippen molar-refractivity contribution in [3.05, 3.63) is 29.8 Å². The molecule has 0 aliphatic carbocycles. The smallest absolute Gasteiger partial charge is 0.332 e. The lowest BCUT2D eigenvalue weighted by atomic mass is 10.0. The van der Waals surface area contributed by atoms with Gasteiger partial charge in [-0.05, 0) is 42.9 Å². The first kappa shape index (κ1) is 31.7.